The third kappa shape index (κ3) is 2.36. The van der Waals surface area contributed by atoms with Crippen LogP contribution in [0.15, 0.2) is 35.9 Å². The molecule has 2 unspecified atom stereocenters. The first-order valence-corrected chi connectivity index (χ1v) is 5.38. The zero-order chi connectivity index (χ0) is 11.5. The summed E-state index contributed by atoms with van der Waals surface area (Å²) in [6.07, 6.45) is 0.824. The number of hydrogen-bond acceptors (Lipinski definition) is 3. The predicted molar refractivity (Wildman–Crippen MR) is 61.8 cm³/mol. The van der Waals surface area contributed by atoms with Crippen LogP contribution >= 0.6 is 0 Å². The SMILES string of the molecule is CC(C)=CC(O)C1COc2ccccc2O1. The molecular weight excluding hydrogens is 204 g/mol. The van der Waals surface area contributed by atoms with E-state index in [0.29, 0.717) is 12.4 Å². The number of ether oxygens (including phenoxy) is 2. The van der Waals surface area contributed by atoms with E-state index in [-0.39, 0.29) is 6.10 Å². The number of aliphatic hydroxyl groups excluding tert-OH is 1. The number of aliphatic hydroxyl groups is 1. The molecule has 2 atom stereocenters. The summed E-state index contributed by atoms with van der Waals surface area (Å²) in [6, 6.07) is 7.49. The van der Waals surface area contributed by atoms with Gasteiger partial charge in [-0.05, 0) is 26.0 Å². The number of hydrogen-bond donors (Lipinski definition) is 1. The summed E-state index contributed by atoms with van der Waals surface area (Å²) >= 11 is 0. The summed E-state index contributed by atoms with van der Waals surface area (Å²) in [4.78, 5) is 0. The van der Waals surface area contributed by atoms with Crippen LogP contribution in [0.5, 0.6) is 11.5 Å². The molecule has 3 nitrogen and oxygen atoms in total. The van der Waals surface area contributed by atoms with E-state index in [0.717, 1.165) is 11.3 Å². The van der Waals surface area contributed by atoms with Gasteiger partial charge in [0, 0.05) is 0 Å². The van der Waals surface area contributed by atoms with Crippen molar-refractivity contribution in [2.45, 2.75) is 26.1 Å². The van der Waals surface area contributed by atoms with Crippen molar-refractivity contribution in [2.75, 3.05) is 6.61 Å². The molecule has 3 heteroatoms. The maximum absolute atomic E-state index is 9.89. The summed E-state index contributed by atoms with van der Waals surface area (Å²) < 4.78 is 11.2. The second kappa shape index (κ2) is 4.58. The van der Waals surface area contributed by atoms with Crippen LogP contribution in [-0.4, -0.2) is 23.9 Å². The molecule has 1 aromatic carbocycles. The zero-order valence-electron chi connectivity index (χ0n) is 9.51. The van der Waals surface area contributed by atoms with Crippen molar-refractivity contribution >= 4 is 0 Å². The summed E-state index contributed by atoms with van der Waals surface area (Å²) in [7, 11) is 0. The average molecular weight is 220 g/mol. The topological polar surface area (TPSA) is 38.7 Å². The van der Waals surface area contributed by atoms with Gasteiger partial charge >= 0.3 is 0 Å². The van der Waals surface area contributed by atoms with Gasteiger partial charge in [-0.2, -0.15) is 0 Å². The lowest BCUT2D eigenvalue weighted by Crippen LogP contribution is -2.38. The summed E-state index contributed by atoms with van der Waals surface area (Å²) in [6.45, 7) is 4.27. The van der Waals surface area contributed by atoms with Gasteiger partial charge < -0.3 is 14.6 Å². The molecule has 0 saturated heterocycles. The molecule has 0 amide bonds. The van der Waals surface area contributed by atoms with Crippen LogP contribution in [0.4, 0.5) is 0 Å². The highest BCUT2D eigenvalue weighted by Crippen LogP contribution is 2.31. The Hall–Kier alpha value is -1.48. The van der Waals surface area contributed by atoms with Gasteiger partial charge in [-0.25, -0.2) is 0 Å². The van der Waals surface area contributed by atoms with Crippen LogP contribution in [-0.2, 0) is 0 Å². The summed E-state index contributed by atoms with van der Waals surface area (Å²) in [5.74, 6) is 1.43. The van der Waals surface area contributed by atoms with E-state index < -0.39 is 6.10 Å². The molecule has 1 aliphatic heterocycles. The number of para-hydroxylation sites is 2. The Morgan fingerprint density at radius 3 is 2.75 bits per heavy atom. The van der Waals surface area contributed by atoms with Gasteiger partial charge in [-0.1, -0.05) is 23.8 Å². The third-order valence-electron chi connectivity index (χ3n) is 2.42. The normalized spacial score (nSPS) is 20.1. The molecule has 1 aromatic rings. The van der Waals surface area contributed by atoms with Crippen LogP contribution in [0.1, 0.15) is 13.8 Å². The zero-order valence-corrected chi connectivity index (χ0v) is 9.51. The molecule has 1 aliphatic rings. The lowest BCUT2D eigenvalue weighted by molar-refractivity contribution is 0.0120. The first kappa shape index (κ1) is 11.0. The molecular formula is C13H16O3. The fraction of sp³-hybridized carbons (Fsp3) is 0.385. The van der Waals surface area contributed by atoms with E-state index in [1.54, 1.807) is 6.08 Å². The van der Waals surface area contributed by atoms with Crippen LogP contribution < -0.4 is 9.47 Å². The minimum absolute atomic E-state index is 0.329. The fourth-order valence-electron chi connectivity index (χ4n) is 1.65. The Balaban J connectivity index is 2.11. The smallest absolute Gasteiger partial charge is 0.162 e. The van der Waals surface area contributed by atoms with Crippen LogP contribution in [0, 0.1) is 0 Å². The molecule has 0 spiro atoms. The number of benzene rings is 1. The highest BCUT2D eigenvalue weighted by Gasteiger charge is 2.25. The molecule has 0 bridgehead atoms. The molecule has 2 rings (SSSR count). The highest BCUT2D eigenvalue weighted by molar-refractivity contribution is 5.40. The van der Waals surface area contributed by atoms with E-state index in [4.69, 9.17) is 9.47 Å². The van der Waals surface area contributed by atoms with E-state index in [1.807, 2.05) is 38.1 Å². The molecule has 0 fully saturated rings. The summed E-state index contributed by atoms with van der Waals surface area (Å²) in [5, 5.41) is 9.89. The maximum Gasteiger partial charge on any atom is 0.162 e. The standard InChI is InChI=1S/C13H16O3/c1-9(2)7-10(14)13-8-15-11-5-3-4-6-12(11)16-13/h3-7,10,13-14H,8H2,1-2H3. The van der Waals surface area contributed by atoms with Gasteiger partial charge in [0.25, 0.3) is 0 Å². The van der Waals surface area contributed by atoms with Gasteiger partial charge in [0.05, 0.1) is 0 Å². The number of fused-ring (bicyclic) bond motifs is 1. The van der Waals surface area contributed by atoms with E-state index in [2.05, 4.69) is 0 Å². The molecule has 86 valence electrons. The minimum Gasteiger partial charge on any atom is -0.486 e. The lowest BCUT2D eigenvalue weighted by Gasteiger charge is -2.28. The van der Waals surface area contributed by atoms with Gasteiger partial charge in [-0.3, -0.25) is 0 Å². The first-order chi connectivity index (χ1) is 7.66. The third-order valence-corrected chi connectivity index (χ3v) is 2.42. The minimum atomic E-state index is -0.627. The quantitative estimate of drug-likeness (QED) is 0.776. The monoisotopic (exact) mass is 220 g/mol. The van der Waals surface area contributed by atoms with Crippen LogP contribution in [0.25, 0.3) is 0 Å². The lowest BCUT2D eigenvalue weighted by atomic mass is 10.1. The Kier molecular flexibility index (Phi) is 3.15. The van der Waals surface area contributed by atoms with Crippen molar-refractivity contribution < 1.29 is 14.6 Å². The molecule has 1 heterocycles. The molecule has 16 heavy (non-hydrogen) atoms. The second-order valence-corrected chi connectivity index (χ2v) is 4.15. The maximum atomic E-state index is 9.89. The Morgan fingerprint density at radius 1 is 1.38 bits per heavy atom. The Bertz CT molecular complexity index is 394. The van der Waals surface area contributed by atoms with Crippen molar-refractivity contribution in [2.24, 2.45) is 0 Å². The molecule has 0 radical (unpaired) electrons. The van der Waals surface area contributed by atoms with Crippen LogP contribution in [0.3, 0.4) is 0 Å². The molecule has 1 N–H and O–H groups in total. The molecule has 0 aliphatic carbocycles. The molecule has 0 saturated carbocycles. The first-order valence-electron chi connectivity index (χ1n) is 5.38. The van der Waals surface area contributed by atoms with E-state index in [1.165, 1.54) is 0 Å². The number of allylic oxidation sites excluding steroid dienone is 1. The molecule has 0 aromatic heterocycles. The van der Waals surface area contributed by atoms with Crippen molar-refractivity contribution in [3.05, 3.63) is 35.9 Å². The van der Waals surface area contributed by atoms with E-state index in [9.17, 15) is 5.11 Å². The fourth-order valence-corrected chi connectivity index (χ4v) is 1.65. The Labute approximate surface area is 95.3 Å². The van der Waals surface area contributed by atoms with Crippen molar-refractivity contribution in [3.63, 3.8) is 0 Å². The van der Waals surface area contributed by atoms with Gasteiger partial charge in [0.15, 0.2) is 17.6 Å². The largest absolute Gasteiger partial charge is 0.486 e. The second-order valence-electron chi connectivity index (χ2n) is 4.15. The summed E-state index contributed by atoms with van der Waals surface area (Å²) in [5.41, 5.74) is 1.06. The van der Waals surface area contributed by atoms with Crippen molar-refractivity contribution in [3.8, 4) is 11.5 Å². The van der Waals surface area contributed by atoms with Gasteiger partial charge in [-0.15, -0.1) is 0 Å². The number of rotatable bonds is 2. The predicted octanol–water partition coefficient (Wildman–Crippen LogP) is 2.15. The van der Waals surface area contributed by atoms with Crippen molar-refractivity contribution in [1.29, 1.82) is 0 Å². The van der Waals surface area contributed by atoms with E-state index >= 15 is 0 Å². The highest BCUT2D eigenvalue weighted by atomic mass is 16.6. The average Bonchev–Trinajstić information content (AvgIpc) is 2.27. The van der Waals surface area contributed by atoms with Gasteiger partial charge in [0.2, 0.25) is 0 Å². The Morgan fingerprint density at radius 2 is 2.06 bits per heavy atom. The van der Waals surface area contributed by atoms with Gasteiger partial charge in [0.1, 0.15) is 12.7 Å². The van der Waals surface area contributed by atoms with Crippen molar-refractivity contribution in [1.82, 2.24) is 0 Å². The van der Waals surface area contributed by atoms with Crippen LogP contribution in [0.2, 0.25) is 0 Å².